The molecule has 0 bridgehead atoms. The van der Waals surface area contributed by atoms with Crippen molar-refractivity contribution in [2.24, 2.45) is 0 Å². The molecule has 3 heteroatoms. The fourth-order valence-electron chi connectivity index (χ4n) is 1.90. The molecule has 16 heavy (non-hydrogen) atoms. The second-order valence-electron chi connectivity index (χ2n) is 4.03. The van der Waals surface area contributed by atoms with Gasteiger partial charge in [-0.05, 0) is 24.1 Å². The molecule has 1 aromatic rings. The average Bonchev–Trinajstić information content (AvgIpc) is 2.29. The number of anilines is 1. The highest BCUT2D eigenvalue weighted by molar-refractivity contribution is 6.08. The summed E-state index contributed by atoms with van der Waals surface area (Å²) in [7, 11) is 0. The maximum absolute atomic E-state index is 11.7. The van der Waals surface area contributed by atoms with Crippen molar-refractivity contribution in [3.8, 4) is 0 Å². The summed E-state index contributed by atoms with van der Waals surface area (Å²) < 4.78 is 0. The van der Waals surface area contributed by atoms with E-state index in [0.29, 0.717) is 13.0 Å². The molecule has 1 aliphatic rings. The third-order valence-electron chi connectivity index (χ3n) is 2.92. The summed E-state index contributed by atoms with van der Waals surface area (Å²) >= 11 is 0. The quantitative estimate of drug-likeness (QED) is 0.710. The maximum Gasteiger partial charge on any atom is 0.234 e. The molecular weight excluding hydrogens is 202 g/mol. The number of amides is 1. The van der Waals surface area contributed by atoms with Gasteiger partial charge in [0.2, 0.25) is 5.91 Å². The lowest BCUT2D eigenvalue weighted by Crippen LogP contribution is -2.38. The fraction of sp³-hybridized carbons (Fsp3) is 0.385. The highest BCUT2D eigenvalue weighted by Gasteiger charge is 2.24. The monoisotopic (exact) mass is 217 g/mol. The van der Waals surface area contributed by atoms with Crippen LogP contribution in [0.5, 0.6) is 0 Å². The van der Waals surface area contributed by atoms with Gasteiger partial charge in [0.25, 0.3) is 0 Å². The van der Waals surface area contributed by atoms with E-state index >= 15 is 0 Å². The first-order valence-electron chi connectivity index (χ1n) is 5.61. The fourth-order valence-corrected chi connectivity index (χ4v) is 1.90. The number of hydrogen-bond acceptors (Lipinski definition) is 2. The Balaban J connectivity index is 2.17. The minimum atomic E-state index is -0.0829. The van der Waals surface area contributed by atoms with Gasteiger partial charge in [-0.2, -0.15) is 0 Å². The van der Waals surface area contributed by atoms with Crippen molar-refractivity contribution in [3.63, 3.8) is 0 Å². The van der Waals surface area contributed by atoms with Crippen molar-refractivity contribution < 1.29 is 9.59 Å². The van der Waals surface area contributed by atoms with Crippen molar-refractivity contribution in [1.82, 2.24) is 0 Å². The van der Waals surface area contributed by atoms with Gasteiger partial charge >= 0.3 is 0 Å². The van der Waals surface area contributed by atoms with Gasteiger partial charge in [-0.25, -0.2) is 0 Å². The molecule has 2 rings (SSSR count). The van der Waals surface area contributed by atoms with Crippen molar-refractivity contribution in [2.45, 2.75) is 26.2 Å². The minimum Gasteiger partial charge on any atom is -0.312 e. The number of nitrogens with zero attached hydrogens (tertiary/aromatic N) is 1. The number of aryl methyl sites for hydroxylation is 1. The summed E-state index contributed by atoms with van der Waals surface area (Å²) in [5.74, 6) is -0.0353. The van der Waals surface area contributed by atoms with E-state index in [4.69, 9.17) is 0 Å². The molecule has 0 radical (unpaired) electrons. The number of carbonyl (C=O) groups excluding carboxylic acids is 2. The normalized spacial score (nSPS) is 16.7. The minimum absolute atomic E-state index is 0.0476. The number of ketones is 1. The molecule has 84 valence electrons. The van der Waals surface area contributed by atoms with Crippen molar-refractivity contribution >= 4 is 17.4 Å². The second kappa shape index (κ2) is 4.47. The molecule has 1 aliphatic heterocycles. The Morgan fingerprint density at radius 3 is 2.44 bits per heavy atom. The lowest BCUT2D eigenvalue weighted by Gasteiger charge is -2.26. The summed E-state index contributed by atoms with van der Waals surface area (Å²) in [6.07, 6.45) is 1.52. The zero-order valence-corrected chi connectivity index (χ0v) is 9.40. The summed E-state index contributed by atoms with van der Waals surface area (Å²) in [5, 5.41) is 0. The van der Waals surface area contributed by atoms with Crippen LogP contribution in [0.1, 0.15) is 25.3 Å². The molecule has 1 amide bonds. The van der Waals surface area contributed by atoms with Gasteiger partial charge in [-0.1, -0.05) is 19.1 Å². The standard InChI is InChI=1S/C13H15NO2/c1-2-10-3-5-11(6-4-10)14-8-7-12(15)9-13(14)16/h3-6H,2,7-9H2,1H3. The van der Waals surface area contributed by atoms with Gasteiger partial charge in [0.15, 0.2) is 0 Å². The van der Waals surface area contributed by atoms with E-state index in [2.05, 4.69) is 6.92 Å². The van der Waals surface area contributed by atoms with E-state index in [1.807, 2.05) is 24.3 Å². The van der Waals surface area contributed by atoms with Gasteiger partial charge in [0.05, 0.1) is 6.42 Å². The van der Waals surface area contributed by atoms with E-state index in [-0.39, 0.29) is 18.1 Å². The molecule has 0 N–H and O–H groups in total. The van der Waals surface area contributed by atoms with Crippen LogP contribution in [-0.2, 0) is 16.0 Å². The largest absolute Gasteiger partial charge is 0.312 e. The van der Waals surface area contributed by atoms with Crippen LogP contribution in [0.4, 0.5) is 5.69 Å². The van der Waals surface area contributed by atoms with E-state index in [0.717, 1.165) is 12.1 Å². The third kappa shape index (κ3) is 2.13. The number of rotatable bonds is 2. The molecule has 1 heterocycles. The molecule has 3 nitrogen and oxygen atoms in total. The van der Waals surface area contributed by atoms with E-state index < -0.39 is 0 Å². The number of piperidine rings is 1. The molecule has 1 aromatic carbocycles. The van der Waals surface area contributed by atoms with Crippen LogP contribution in [0.15, 0.2) is 24.3 Å². The molecule has 0 atom stereocenters. The summed E-state index contributed by atoms with van der Waals surface area (Å²) in [5.41, 5.74) is 2.15. The van der Waals surface area contributed by atoms with E-state index in [1.54, 1.807) is 4.90 Å². The van der Waals surface area contributed by atoms with Crippen LogP contribution in [0, 0.1) is 0 Å². The zero-order valence-electron chi connectivity index (χ0n) is 9.40. The van der Waals surface area contributed by atoms with Crippen molar-refractivity contribution in [1.29, 1.82) is 0 Å². The number of hydrogen-bond donors (Lipinski definition) is 0. The van der Waals surface area contributed by atoms with Gasteiger partial charge in [0, 0.05) is 18.7 Å². The molecule has 0 aromatic heterocycles. The van der Waals surface area contributed by atoms with Gasteiger partial charge in [0.1, 0.15) is 5.78 Å². The first kappa shape index (κ1) is 10.9. The maximum atomic E-state index is 11.7. The molecule has 0 spiro atoms. The van der Waals surface area contributed by atoms with Crippen LogP contribution < -0.4 is 4.90 Å². The number of benzene rings is 1. The molecular formula is C13H15NO2. The van der Waals surface area contributed by atoms with Crippen LogP contribution >= 0.6 is 0 Å². The Kier molecular flexibility index (Phi) is 3.04. The highest BCUT2D eigenvalue weighted by atomic mass is 16.2. The number of carbonyl (C=O) groups is 2. The van der Waals surface area contributed by atoms with Crippen LogP contribution in [-0.4, -0.2) is 18.2 Å². The Morgan fingerprint density at radius 2 is 1.88 bits per heavy atom. The molecule has 0 saturated carbocycles. The summed E-state index contributed by atoms with van der Waals surface area (Å²) in [6.45, 7) is 2.61. The predicted octanol–water partition coefficient (Wildman–Crippen LogP) is 1.94. The lowest BCUT2D eigenvalue weighted by atomic mass is 10.1. The first-order valence-corrected chi connectivity index (χ1v) is 5.61. The molecule has 1 saturated heterocycles. The predicted molar refractivity (Wildman–Crippen MR) is 62.4 cm³/mol. The smallest absolute Gasteiger partial charge is 0.234 e. The molecule has 1 fully saturated rings. The average molecular weight is 217 g/mol. The van der Waals surface area contributed by atoms with E-state index in [1.165, 1.54) is 5.56 Å². The topological polar surface area (TPSA) is 37.4 Å². The Morgan fingerprint density at radius 1 is 1.19 bits per heavy atom. The second-order valence-corrected chi connectivity index (χ2v) is 4.03. The lowest BCUT2D eigenvalue weighted by molar-refractivity contribution is -0.128. The van der Waals surface area contributed by atoms with Crippen LogP contribution in [0.3, 0.4) is 0 Å². The Bertz CT molecular complexity index is 408. The van der Waals surface area contributed by atoms with Gasteiger partial charge in [-0.15, -0.1) is 0 Å². The van der Waals surface area contributed by atoms with Gasteiger partial charge in [-0.3, -0.25) is 9.59 Å². The van der Waals surface area contributed by atoms with Crippen molar-refractivity contribution in [2.75, 3.05) is 11.4 Å². The SMILES string of the molecule is CCc1ccc(N2CCC(=O)CC2=O)cc1. The van der Waals surface area contributed by atoms with Crippen LogP contribution in [0.2, 0.25) is 0 Å². The van der Waals surface area contributed by atoms with Crippen molar-refractivity contribution in [3.05, 3.63) is 29.8 Å². The highest BCUT2D eigenvalue weighted by Crippen LogP contribution is 2.20. The molecule has 0 unspecified atom stereocenters. The van der Waals surface area contributed by atoms with E-state index in [9.17, 15) is 9.59 Å². The Hall–Kier alpha value is -1.64. The summed E-state index contributed by atoms with van der Waals surface area (Å²) in [4.78, 5) is 24.5. The zero-order chi connectivity index (χ0) is 11.5. The number of Topliss-reactive ketones (excluding diaryl/α,β-unsaturated/α-hetero) is 1. The third-order valence-corrected chi connectivity index (χ3v) is 2.92. The summed E-state index contributed by atoms with van der Waals surface area (Å²) in [6, 6.07) is 7.96. The Labute approximate surface area is 95.1 Å². The molecule has 0 aliphatic carbocycles. The van der Waals surface area contributed by atoms with Crippen LogP contribution in [0.25, 0.3) is 0 Å². The first-order chi connectivity index (χ1) is 7.70. The van der Waals surface area contributed by atoms with Gasteiger partial charge < -0.3 is 4.90 Å².